The number of amides is 1. The SMILES string of the molecule is CC(=O)NC(Cc1cc(F)cc(F)c1)C(O)CNC1CCOc2ccc(CC(C)(C)C(=O)O)cc21. The molecule has 1 aliphatic rings. The smallest absolute Gasteiger partial charge is 0.309 e. The van der Waals surface area contributed by atoms with E-state index in [1.54, 1.807) is 13.8 Å². The fraction of sp³-hybridized carbons (Fsp3) is 0.462. The molecule has 0 saturated carbocycles. The fourth-order valence-electron chi connectivity index (χ4n) is 4.28. The molecule has 0 fully saturated rings. The van der Waals surface area contributed by atoms with Crippen molar-refractivity contribution in [1.82, 2.24) is 10.6 Å². The van der Waals surface area contributed by atoms with Gasteiger partial charge >= 0.3 is 5.97 Å². The van der Waals surface area contributed by atoms with E-state index in [9.17, 15) is 28.6 Å². The number of halogens is 2. The summed E-state index contributed by atoms with van der Waals surface area (Å²) in [5, 5.41) is 26.3. The first-order chi connectivity index (χ1) is 16.4. The van der Waals surface area contributed by atoms with Crippen molar-refractivity contribution < 1.29 is 33.3 Å². The van der Waals surface area contributed by atoms with E-state index in [2.05, 4.69) is 10.6 Å². The van der Waals surface area contributed by atoms with Gasteiger partial charge in [0, 0.05) is 37.6 Å². The Labute approximate surface area is 203 Å². The van der Waals surface area contributed by atoms with E-state index in [4.69, 9.17) is 4.74 Å². The maximum absolute atomic E-state index is 13.6. The molecule has 0 radical (unpaired) electrons. The number of benzene rings is 2. The van der Waals surface area contributed by atoms with Crippen LogP contribution < -0.4 is 15.4 Å². The summed E-state index contributed by atoms with van der Waals surface area (Å²) in [5.41, 5.74) is 1.12. The highest BCUT2D eigenvalue weighted by molar-refractivity contribution is 5.74. The average molecular weight is 491 g/mol. The van der Waals surface area contributed by atoms with Crippen LogP contribution in [-0.4, -0.2) is 47.4 Å². The van der Waals surface area contributed by atoms with Crippen molar-refractivity contribution in [2.24, 2.45) is 5.41 Å². The monoisotopic (exact) mass is 490 g/mol. The Bertz CT molecular complexity index is 1060. The Morgan fingerprint density at radius 3 is 2.46 bits per heavy atom. The van der Waals surface area contributed by atoms with Crippen LogP contribution in [0.4, 0.5) is 8.78 Å². The highest BCUT2D eigenvalue weighted by atomic mass is 19.1. The number of carboxylic acid groups (broad SMARTS) is 1. The number of carbonyl (C=O) groups is 2. The van der Waals surface area contributed by atoms with Gasteiger partial charge in [-0.2, -0.15) is 0 Å². The van der Waals surface area contributed by atoms with E-state index < -0.39 is 35.2 Å². The quantitative estimate of drug-likeness (QED) is 0.408. The standard InChI is InChI=1S/C26H32F2N2O5/c1-15(31)30-22(11-17-8-18(27)12-19(28)9-17)23(32)14-29-21-6-7-35-24-5-4-16(10-20(21)24)13-26(2,3)25(33)34/h4-5,8-10,12,21-23,29,32H,6-7,11,13-14H2,1-3H3,(H,30,31)(H,33,34). The molecule has 9 heteroatoms. The Balaban J connectivity index is 1.72. The van der Waals surface area contributed by atoms with Gasteiger partial charge in [-0.1, -0.05) is 12.1 Å². The molecule has 35 heavy (non-hydrogen) atoms. The molecule has 2 aromatic carbocycles. The van der Waals surface area contributed by atoms with Crippen LogP contribution in [0.1, 0.15) is 49.9 Å². The highest BCUT2D eigenvalue weighted by Crippen LogP contribution is 2.34. The van der Waals surface area contributed by atoms with E-state index in [0.29, 0.717) is 30.8 Å². The minimum absolute atomic E-state index is 0.0515. The Kier molecular flexibility index (Phi) is 8.45. The number of carbonyl (C=O) groups excluding carboxylic acids is 1. The Hall–Kier alpha value is -3.04. The number of aliphatic hydroxyl groups excluding tert-OH is 1. The van der Waals surface area contributed by atoms with Crippen molar-refractivity contribution in [3.63, 3.8) is 0 Å². The first-order valence-corrected chi connectivity index (χ1v) is 11.6. The van der Waals surface area contributed by atoms with E-state index >= 15 is 0 Å². The number of rotatable bonds is 10. The molecule has 0 spiro atoms. The number of ether oxygens (including phenoxy) is 1. The lowest BCUT2D eigenvalue weighted by Crippen LogP contribution is -2.48. The van der Waals surface area contributed by atoms with Gasteiger partial charge in [-0.3, -0.25) is 9.59 Å². The third-order valence-electron chi connectivity index (χ3n) is 6.14. The summed E-state index contributed by atoms with van der Waals surface area (Å²) in [5.74, 6) is -2.02. The maximum atomic E-state index is 13.6. The summed E-state index contributed by atoms with van der Waals surface area (Å²) in [6.07, 6.45) is -0.00761. The molecule has 2 aromatic rings. The topological polar surface area (TPSA) is 108 Å². The summed E-state index contributed by atoms with van der Waals surface area (Å²) in [6, 6.07) is 7.79. The van der Waals surface area contributed by atoms with Crippen molar-refractivity contribution >= 4 is 11.9 Å². The summed E-state index contributed by atoms with van der Waals surface area (Å²) >= 11 is 0. The first kappa shape index (κ1) is 26.6. The summed E-state index contributed by atoms with van der Waals surface area (Å²) in [4.78, 5) is 23.2. The lowest BCUT2D eigenvalue weighted by atomic mass is 9.84. The van der Waals surface area contributed by atoms with E-state index in [0.717, 1.165) is 17.2 Å². The molecular weight excluding hydrogens is 458 g/mol. The predicted molar refractivity (Wildman–Crippen MR) is 126 cm³/mol. The second kappa shape index (κ2) is 11.1. The van der Waals surface area contributed by atoms with Gasteiger partial charge in [0.15, 0.2) is 0 Å². The van der Waals surface area contributed by atoms with Crippen molar-refractivity contribution in [2.75, 3.05) is 13.2 Å². The molecule has 3 unspecified atom stereocenters. The largest absolute Gasteiger partial charge is 0.493 e. The van der Waals surface area contributed by atoms with E-state index in [-0.39, 0.29) is 24.9 Å². The molecule has 0 aromatic heterocycles. The zero-order chi connectivity index (χ0) is 25.8. The number of carboxylic acids is 1. The highest BCUT2D eigenvalue weighted by Gasteiger charge is 2.29. The summed E-state index contributed by atoms with van der Waals surface area (Å²) in [6.45, 7) is 5.23. The summed E-state index contributed by atoms with van der Waals surface area (Å²) in [7, 11) is 0. The van der Waals surface area contributed by atoms with Crippen LogP contribution in [-0.2, 0) is 22.4 Å². The molecule has 1 amide bonds. The first-order valence-electron chi connectivity index (χ1n) is 11.6. The van der Waals surface area contributed by atoms with Gasteiger partial charge in [0.1, 0.15) is 17.4 Å². The number of fused-ring (bicyclic) bond motifs is 1. The molecular formula is C26H32F2N2O5. The van der Waals surface area contributed by atoms with Gasteiger partial charge in [-0.05, 0) is 56.0 Å². The fourth-order valence-corrected chi connectivity index (χ4v) is 4.28. The Morgan fingerprint density at radius 1 is 1.14 bits per heavy atom. The molecule has 0 saturated heterocycles. The molecule has 0 aliphatic carbocycles. The molecule has 1 heterocycles. The number of aliphatic carboxylic acids is 1. The van der Waals surface area contributed by atoms with Crippen LogP contribution in [0, 0.1) is 17.0 Å². The average Bonchev–Trinajstić information content (AvgIpc) is 2.75. The molecule has 1 aliphatic heterocycles. The lowest BCUT2D eigenvalue weighted by molar-refractivity contribution is -0.146. The van der Waals surface area contributed by atoms with Crippen LogP contribution in [0.15, 0.2) is 36.4 Å². The third kappa shape index (κ3) is 7.22. The normalized spacial score (nSPS) is 17.1. The minimum atomic E-state index is -1.04. The maximum Gasteiger partial charge on any atom is 0.309 e. The van der Waals surface area contributed by atoms with Crippen molar-refractivity contribution in [1.29, 1.82) is 0 Å². The van der Waals surface area contributed by atoms with E-state index in [1.807, 2.05) is 18.2 Å². The van der Waals surface area contributed by atoms with Crippen LogP contribution in [0.3, 0.4) is 0 Å². The van der Waals surface area contributed by atoms with Gasteiger partial charge in [0.2, 0.25) is 5.91 Å². The summed E-state index contributed by atoms with van der Waals surface area (Å²) < 4.78 is 33.0. The zero-order valence-corrected chi connectivity index (χ0v) is 20.1. The van der Waals surface area contributed by atoms with Gasteiger partial charge in [-0.15, -0.1) is 0 Å². The predicted octanol–water partition coefficient (Wildman–Crippen LogP) is 3.14. The molecule has 190 valence electrons. The van der Waals surface area contributed by atoms with Crippen molar-refractivity contribution in [2.45, 2.75) is 58.2 Å². The second-order valence-electron chi connectivity index (χ2n) is 9.69. The third-order valence-corrected chi connectivity index (χ3v) is 6.14. The molecule has 7 nitrogen and oxygen atoms in total. The van der Waals surface area contributed by atoms with Gasteiger partial charge < -0.3 is 25.6 Å². The molecule has 3 rings (SSSR count). The van der Waals surface area contributed by atoms with E-state index in [1.165, 1.54) is 19.1 Å². The number of hydrogen-bond acceptors (Lipinski definition) is 5. The Morgan fingerprint density at radius 2 is 1.83 bits per heavy atom. The zero-order valence-electron chi connectivity index (χ0n) is 20.1. The van der Waals surface area contributed by atoms with Crippen LogP contribution in [0.5, 0.6) is 5.75 Å². The van der Waals surface area contributed by atoms with Gasteiger partial charge in [0.25, 0.3) is 0 Å². The molecule has 0 bridgehead atoms. The number of hydrogen-bond donors (Lipinski definition) is 4. The van der Waals surface area contributed by atoms with Crippen LogP contribution in [0.2, 0.25) is 0 Å². The van der Waals surface area contributed by atoms with Gasteiger partial charge in [0.05, 0.1) is 24.2 Å². The minimum Gasteiger partial charge on any atom is -0.493 e. The molecule has 3 atom stereocenters. The van der Waals surface area contributed by atoms with Crippen molar-refractivity contribution in [3.8, 4) is 5.75 Å². The van der Waals surface area contributed by atoms with Gasteiger partial charge in [-0.25, -0.2) is 8.78 Å². The molecule has 4 N–H and O–H groups in total. The van der Waals surface area contributed by atoms with Crippen LogP contribution >= 0.6 is 0 Å². The second-order valence-corrected chi connectivity index (χ2v) is 9.69. The number of nitrogens with one attached hydrogen (secondary N) is 2. The lowest BCUT2D eigenvalue weighted by Gasteiger charge is -2.30. The van der Waals surface area contributed by atoms with Crippen LogP contribution in [0.25, 0.3) is 0 Å². The number of aliphatic hydroxyl groups is 1. The van der Waals surface area contributed by atoms with Crippen molar-refractivity contribution in [3.05, 3.63) is 64.7 Å².